The molecular weight excluding hydrogens is 190 g/mol. The summed E-state index contributed by atoms with van der Waals surface area (Å²) in [6.07, 6.45) is 3.43. The van der Waals surface area contributed by atoms with Crippen LogP contribution in [-0.4, -0.2) is 54.6 Å². The zero-order chi connectivity index (χ0) is 10.8. The third kappa shape index (κ3) is 2.09. The summed E-state index contributed by atoms with van der Waals surface area (Å²) in [5.41, 5.74) is 0. The van der Waals surface area contributed by atoms with E-state index in [0.717, 1.165) is 32.5 Å². The molecule has 2 atom stereocenters. The molecular formula is C11H21N3O. The van der Waals surface area contributed by atoms with Gasteiger partial charge in [0.1, 0.15) is 0 Å². The van der Waals surface area contributed by atoms with E-state index in [4.69, 9.17) is 0 Å². The van der Waals surface area contributed by atoms with Crippen LogP contribution in [0.2, 0.25) is 0 Å². The number of piperidine rings is 1. The van der Waals surface area contributed by atoms with E-state index in [1.54, 1.807) is 0 Å². The molecule has 0 aromatic heterocycles. The fourth-order valence-corrected chi connectivity index (χ4v) is 2.65. The standard InChI is InChI=1S/C11H21N3O/c1-9-10(5-3-6-12-9)14-8-4-7-13(2)11(14)15/h9-10,12H,3-8H2,1-2H3/t9-,10-/m1/s1. The van der Waals surface area contributed by atoms with Crippen molar-refractivity contribution in [3.05, 3.63) is 0 Å². The molecule has 4 nitrogen and oxygen atoms in total. The predicted octanol–water partition coefficient (Wildman–Crippen LogP) is 0.884. The van der Waals surface area contributed by atoms with E-state index in [1.165, 1.54) is 6.42 Å². The van der Waals surface area contributed by atoms with Crippen molar-refractivity contribution in [3.8, 4) is 0 Å². The predicted molar refractivity (Wildman–Crippen MR) is 59.8 cm³/mol. The van der Waals surface area contributed by atoms with Gasteiger partial charge < -0.3 is 15.1 Å². The Labute approximate surface area is 91.6 Å². The normalized spacial score (nSPS) is 33.3. The van der Waals surface area contributed by atoms with Crippen LogP contribution in [0.15, 0.2) is 0 Å². The molecule has 0 saturated carbocycles. The summed E-state index contributed by atoms with van der Waals surface area (Å²) < 4.78 is 0. The number of carbonyl (C=O) groups is 1. The summed E-state index contributed by atoms with van der Waals surface area (Å²) in [6.45, 7) is 5.12. The molecule has 0 aliphatic carbocycles. The SMILES string of the molecule is C[C@H]1NCCC[C@H]1N1CCCN(C)C1=O. The maximum atomic E-state index is 12.0. The number of urea groups is 1. The van der Waals surface area contributed by atoms with Gasteiger partial charge in [-0.15, -0.1) is 0 Å². The van der Waals surface area contributed by atoms with Gasteiger partial charge in [0.15, 0.2) is 0 Å². The Bertz CT molecular complexity index is 244. The second-order valence-corrected chi connectivity index (χ2v) is 4.70. The highest BCUT2D eigenvalue weighted by molar-refractivity contribution is 5.75. The zero-order valence-electron chi connectivity index (χ0n) is 9.70. The third-order valence-corrected chi connectivity index (χ3v) is 3.59. The monoisotopic (exact) mass is 211 g/mol. The molecule has 0 radical (unpaired) electrons. The van der Waals surface area contributed by atoms with Gasteiger partial charge in [0.05, 0.1) is 0 Å². The minimum atomic E-state index is 0.210. The summed E-state index contributed by atoms with van der Waals surface area (Å²) in [7, 11) is 1.90. The molecule has 0 bridgehead atoms. The molecule has 2 aliphatic rings. The Balaban J connectivity index is 2.04. The molecule has 0 aromatic rings. The van der Waals surface area contributed by atoms with Crippen molar-refractivity contribution >= 4 is 6.03 Å². The Morgan fingerprint density at radius 3 is 2.87 bits per heavy atom. The van der Waals surface area contributed by atoms with E-state index in [9.17, 15) is 4.79 Å². The molecule has 2 amide bonds. The summed E-state index contributed by atoms with van der Waals surface area (Å²) in [4.78, 5) is 15.9. The summed E-state index contributed by atoms with van der Waals surface area (Å²) >= 11 is 0. The van der Waals surface area contributed by atoms with Crippen LogP contribution in [-0.2, 0) is 0 Å². The quantitative estimate of drug-likeness (QED) is 0.699. The van der Waals surface area contributed by atoms with Gasteiger partial charge in [-0.2, -0.15) is 0 Å². The average molecular weight is 211 g/mol. The van der Waals surface area contributed by atoms with Gasteiger partial charge >= 0.3 is 6.03 Å². The largest absolute Gasteiger partial charge is 0.328 e. The van der Waals surface area contributed by atoms with Crippen molar-refractivity contribution in [2.24, 2.45) is 0 Å². The van der Waals surface area contributed by atoms with Crippen LogP contribution in [0.3, 0.4) is 0 Å². The van der Waals surface area contributed by atoms with Gasteiger partial charge in [-0.3, -0.25) is 0 Å². The van der Waals surface area contributed by atoms with Crippen LogP contribution in [0.25, 0.3) is 0 Å². The van der Waals surface area contributed by atoms with Crippen molar-refractivity contribution in [1.29, 1.82) is 0 Å². The molecule has 2 aliphatic heterocycles. The summed E-state index contributed by atoms with van der Waals surface area (Å²) in [5.74, 6) is 0. The lowest BCUT2D eigenvalue weighted by molar-refractivity contribution is 0.0951. The van der Waals surface area contributed by atoms with Gasteiger partial charge in [-0.25, -0.2) is 4.79 Å². The highest BCUT2D eigenvalue weighted by atomic mass is 16.2. The maximum Gasteiger partial charge on any atom is 0.320 e. The molecule has 86 valence electrons. The van der Waals surface area contributed by atoms with E-state index in [-0.39, 0.29) is 6.03 Å². The molecule has 0 aromatic carbocycles. The van der Waals surface area contributed by atoms with Gasteiger partial charge in [0.2, 0.25) is 0 Å². The van der Waals surface area contributed by atoms with Crippen LogP contribution < -0.4 is 5.32 Å². The van der Waals surface area contributed by atoms with Crippen molar-refractivity contribution in [3.63, 3.8) is 0 Å². The van der Waals surface area contributed by atoms with Gasteiger partial charge in [0.25, 0.3) is 0 Å². The fraction of sp³-hybridized carbons (Fsp3) is 0.909. The van der Waals surface area contributed by atoms with E-state index in [2.05, 4.69) is 17.1 Å². The third-order valence-electron chi connectivity index (χ3n) is 3.59. The smallest absolute Gasteiger partial charge is 0.320 e. The lowest BCUT2D eigenvalue weighted by Crippen LogP contribution is -2.59. The fourth-order valence-electron chi connectivity index (χ4n) is 2.65. The zero-order valence-corrected chi connectivity index (χ0v) is 9.70. The first kappa shape index (κ1) is 10.7. The Hall–Kier alpha value is -0.770. The molecule has 0 spiro atoms. The van der Waals surface area contributed by atoms with Gasteiger partial charge in [-0.1, -0.05) is 0 Å². The number of hydrogen-bond acceptors (Lipinski definition) is 2. The second-order valence-electron chi connectivity index (χ2n) is 4.70. The first-order valence-corrected chi connectivity index (χ1v) is 5.95. The molecule has 2 saturated heterocycles. The minimum absolute atomic E-state index is 0.210. The van der Waals surface area contributed by atoms with E-state index >= 15 is 0 Å². The van der Waals surface area contributed by atoms with Crippen LogP contribution >= 0.6 is 0 Å². The lowest BCUT2D eigenvalue weighted by atomic mass is 9.97. The highest BCUT2D eigenvalue weighted by Gasteiger charge is 2.33. The number of rotatable bonds is 1. The van der Waals surface area contributed by atoms with Gasteiger partial charge in [0, 0.05) is 32.2 Å². The minimum Gasteiger partial charge on any atom is -0.328 e. The van der Waals surface area contributed by atoms with Crippen molar-refractivity contribution in [2.75, 3.05) is 26.7 Å². The maximum absolute atomic E-state index is 12.0. The molecule has 1 N–H and O–H groups in total. The number of carbonyl (C=O) groups excluding carboxylic acids is 1. The molecule has 0 unspecified atom stereocenters. The van der Waals surface area contributed by atoms with E-state index in [1.807, 2.05) is 11.9 Å². The number of amides is 2. The lowest BCUT2D eigenvalue weighted by Gasteiger charge is -2.43. The topological polar surface area (TPSA) is 35.6 Å². The number of nitrogens with one attached hydrogen (secondary N) is 1. The van der Waals surface area contributed by atoms with Gasteiger partial charge in [-0.05, 0) is 32.7 Å². The van der Waals surface area contributed by atoms with E-state index < -0.39 is 0 Å². The van der Waals surface area contributed by atoms with Crippen LogP contribution in [0, 0.1) is 0 Å². The molecule has 15 heavy (non-hydrogen) atoms. The molecule has 2 fully saturated rings. The number of nitrogens with zero attached hydrogens (tertiary/aromatic N) is 2. The van der Waals surface area contributed by atoms with E-state index in [0.29, 0.717) is 12.1 Å². The van der Waals surface area contributed by atoms with Crippen molar-refractivity contribution < 1.29 is 4.79 Å². The second kappa shape index (κ2) is 4.39. The first-order chi connectivity index (χ1) is 7.20. The Morgan fingerprint density at radius 2 is 2.13 bits per heavy atom. The van der Waals surface area contributed by atoms with Crippen molar-refractivity contribution in [2.45, 2.75) is 38.3 Å². The van der Waals surface area contributed by atoms with Crippen LogP contribution in [0.1, 0.15) is 26.2 Å². The van der Waals surface area contributed by atoms with Crippen LogP contribution in [0.4, 0.5) is 4.79 Å². The molecule has 2 rings (SSSR count). The number of hydrogen-bond donors (Lipinski definition) is 1. The average Bonchev–Trinajstić information content (AvgIpc) is 2.23. The summed E-state index contributed by atoms with van der Waals surface area (Å²) in [5, 5.41) is 3.45. The summed E-state index contributed by atoms with van der Waals surface area (Å²) in [6, 6.07) is 1.05. The first-order valence-electron chi connectivity index (χ1n) is 5.95. The Kier molecular flexibility index (Phi) is 3.14. The molecule has 4 heteroatoms. The van der Waals surface area contributed by atoms with Crippen LogP contribution in [0.5, 0.6) is 0 Å². The molecule has 2 heterocycles. The van der Waals surface area contributed by atoms with Crippen molar-refractivity contribution in [1.82, 2.24) is 15.1 Å². The highest BCUT2D eigenvalue weighted by Crippen LogP contribution is 2.19. The Morgan fingerprint density at radius 1 is 1.33 bits per heavy atom.